The molecule has 2 N–H and O–H groups in total. The Kier molecular flexibility index (Phi) is 5.76. The predicted molar refractivity (Wildman–Crippen MR) is 83.9 cm³/mol. The minimum atomic E-state index is -0.293. The van der Waals surface area contributed by atoms with Gasteiger partial charge in [-0.3, -0.25) is 0 Å². The molecule has 21 heavy (non-hydrogen) atoms. The SMILES string of the molecule is C[C@@H](N)c1ccc(F)cc1OCCCCc1ccccc1. The molecule has 0 heterocycles. The zero-order chi connectivity index (χ0) is 15.1. The zero-order valence-corrected chi connectivity index (χ0v) is 12.4. The van der Waals surface area contributed by atoms with Crippen LogP contribution in [0.25, 0.3) is 0 Å². The van der Waals surface area contributed by atoms with Crippen LogP contribution >= 0.6 is 0 Å². The number of benzene rings is 2. The van der Waals surface area contributed by atoms with Gasteiger partial charge in [-0.1, -0.05) is 36.4 Å². The number of halogens is 1. The second kappa shape index (κ2) is 7.79. The number of aryl methyl sites for hydroxylation is 1. The van der Waals surface area contributed by atoms with Crippen molar-refractivity contribution in [1.82, 2.24) is 0 Å². The van der Waals surface area contributed by atoms with E-state index in [1.807, 2.05) is 25.1 Å². The highest BCUT2D eigenvalue weighted by atomic mass is 19.1. The third-order valence-electron chi connectivity index (χ3n) is 3.43. The Bertz CT molecular complexity index is 554. The molecule has 2 aromatic rings. The molecule has 0 amide bonds. The summed E-state index contributed by atoms with van der Waals surface area (Å²) < 4.78 is 19.0. The van der Waals surface area contributed by atoms with Gasteiger partial charge in [-0.25, -0.2) is 4.39 Å². The molecule has 112 valence electrons. The van der Waals surface area contributed by atoms with Crippen LogP contribution in [-0.4, -0.2) is 6.61 Å². The van der Waals surface area contributed by atoms with Crippen molar-refractivity contribution in [3.8, 4) is 5.75 Å². The lowest BCUT2D eigenvalue weighted by Gasteiger charge is -2.14. The van der Waals surface area contributed by atoms with E-state index < -0.39 is 0 Å². The van der Waals surface area contributed by atoms with Crippen LogP contribution in [-0.2, 0) is 6.42 Å². The average Bonchev–Trinajstić information content (AvgIpc) is 2.48. The molecule has 1 atom stereocenters. The smallest absolute Gasteiger partial charge is 0.126 e. The van der Waals surface area contributed by atoms with E-state index in [9.17, 15) is 4.39 Å². The first kappa shape index (κ1) is 15.5. The fourth-order valence-corrected chi connectivity index (χ4v) is 2.27. The third-order valence-corrected chi connectivity index (χ3v) is 3.43. The second-order valence-electron chi connectivity index (χ2n) is 5.26. The molecule has 3 heteroatoms. The van der Waals surface area contributed by atoms with Gasteiger partial charge in [0.25, 0.3) is 0 Å². The van der Waals surface area contributed by atoms with Gasteiger partial charge in [-0.2, -0.15) is 0 Å². The molecule has 0 saturated heterocycles. The zero-order valence-electron chi connectivity index (χ0n) is 12.4. The number of unbranched alkanes of at least 4 members (excludes halogenated alkanes) is 1. The Morgan fingerprint density at radius 2 is 1.86 bits per heavy atom. The topological polar surface area (TPSA) is 35.2 Å². The number of nitrogens with two attached hydrogens (primary N) is 1. The highest BCUT2D eigenvalue weighted by Crippen LogP contribution is 2.25. The summed E-state index contributed by atoms with van der Waals surface area (Å²) in [6, 6.07) is 14.7. The Labute approximate surface area is 125 Å². The fraction of sp³-hybridized carbons (Fsp3) is 0.333. The van der Waals surface area contributed by atoms with Gasteiger partial charge in [0.15, 0.2) is 0 Å². The molecule has 0 saturated carbocycles. The molecule has 2 rings (SSSR count). The molecule has 0 radical (unpaired) electrons. The number of hydrogen-bond acceptors (Lipinski definition) is 2. The minimum Gasteiger partial charge on any atom is -0.493 e. The first-order valence-electron chi connectivity index (χ1n) is 7.38. The maximum Gasteiger partial charge on any atom is 0.126 e. The maximum atomic E-state index is 13.3. The Morgan fingerprint density at radius 3 is 2.57 bits per heavy atom. The average molecular weight is 287 g/mol. The normalized spacial score (nSPS) is 12.1. The van der Waals surface area contributed by atoms with Crippen molar-refractivity contribution in [1.29, 1.82) is 0 Å². The quantitative estimate of drug-likeness (QED) is 0.773. The number of hydrogen-bond donors (Lipinski definition) is 1. The van der Waals surface area contributed by atoms with Crippen molar-refractivity contribution >= 4 is 0 Å². The van der Waals surface area contributed by atoms with Gasteiger partial charge in [0, 0.05) is 17.7 Å². The van der Waals surface area contributed by atoms with Crippen LogP contribution in [0.4, 0.5) is 4.39 Å². The summed E-state index contributed by atoms with van der Waals surface area (Å²) in [5, 5.41) is 0. The van der Waals surface area contributed by atoms with E-state index in [2.05, 4.69) is 12.1 Å². The molecule has 0 bridgehead atoms. The fourth-order valence-electron chi connectivity index (χ4n) is 2.27. The van der Waals surface area contributed by atoms with E-state index in [0.717, 1.165) is 24.8 Å². The van der Waals surface area contributed by atoms with E-state index in [-0.39, 0.29) is 11.9 Å². The molecule has 0 fully saturated rings. The molecule has 0 unspecified atom stereocenters. The summed E-state index contributed by atoms with van der Waals surface area (Å²) in [5.74, 6) is 0.267. The number of rotatable bonds is 7. The molecule has 2 aromatic carbocycles. The summed E-state index contributed by atoms with van der Waals surface area (Å²) in [7, 11) is 0. The minimum absolute atomic E-state index is 0.162. The summed E-state index contributed by atoms with van der Waals surface area (Å²) >= 11 is 0. The largest absolute Gasteiger partial charge is 0.493 e. The highest BCUT2D eigenvalue weighted by Gasteiger charge is 2.09. The molecule has 0 aliphatic rings. The molecule has 0 spiro atoms. The van der Waals surface area contributed by atoms with Crippen LogP contribution in [0.2, 0.25) is 0 Å². The summed E-state index contributed by atoms with van der Waals surface area (Å²) in [4.78, 5) is 0. The number of ether oxygens (including phenoxy) is 1. The van der Waals surface area contributed by atoms with Crippen LogP contribution in [0.1, 0.15) is 36.9 Å². The standard InChI is InChI=1S/C18H22FNO/c1-14(20)17-11-10-16(19)13-18(17)21-12-6-5-9-15-7-3-2-4-8-15/h2-4,7-8,10-11,13-14H,5-6,9,12,20H2,1H3/t14-/m1/s1. The monoisotopic (exact) mass is 287 g/mol. The van der Waals surface area contributed by atoms with Gasteiger partial charge in [0.2, 0.25) is 0 Å². The lowest BCUT2D eigenvalue weighted by atomic mass is 10.1. The Balaban J connectivity index is 1.79. The molecule has 0 aliphatic carbocycles. The van der Waals surface area contributed by atoms with Crippen LogP contribution in [0.15, 0.2) is 48.5 Å². The van der Waals surface area contributed by atoms with Crippen LogP contribution in [0.3, 0.4) is 0 Å². The van der Waals surface area contributed by atoms with Crippen molar-refractivity contribution in [3.63, 3.8) is 0 Å². The lowest BCUT2D eigenvalue weighted by Crippen LogP contribution is -2.09. The lowest BCUT2D eigenvalue weighted by molar-refractivity contribution is 0.301. The molecular formula is C18H22FNO. The summed E-state index contributed by atoms with van der Waals surface area (Å²) in [5.41, 5.74) is 8.05. The van der Waals surface area contributed by atoms with Gasteiger partial charge in [-0.15, -0.1) is 0 Å². The van der Waals surface area contributed by atoms with E-state index >= 15 is 0 Å². The van der Waals surface area contributed by atoms with Gasteiger partial charge in [0.1, 0.15) is 11.6 Å². The van der Waals surface area contributed by atoms with Gasteiger partial charge in [-0.05, 0) is 37.8 Å². The Morgan fingerprint density at radius 1 is 1.10 bits per heavy atom. The van der Waals surface area contributed by atoms with Crippen LogP contribution in [0, 0.1) is 5.82 Å². The first-order chi connectivity index (χ1) is 10.2. The van der Waals surface area contributed by atoms with Crippen molar-refractivity contribution < 1.29 is 9.13 Å². The predicted octanol–water partition coefficient (Wildman–Crippen LogP) is 4.25. The van der Waals surface area contributed by atoms with Gasteiger partial charge >= 0.3 is 0 Å². The van der Waals surface area contributed by atoms with Crippen LogP contribution in [0.5, 0.6) is 5.75 Å². The van der Waals surface area contributed by atoms with Crippen molar-refractivity contribution in [2.75, 3.05) is 6.61 Å². The Hall–Kier alpha value is -1.87. The second-order valence-corrected chi connectivity index (χ2v) is 5.26. The van der Waals surface area contributed by atoms with Gasteiger partial charge in [0.05, 0.1) is 6.61 Å². The first-order valence-corrected chi connectivity index (χ1v) is 7.38. The molecular weight excluding hydrogens is 265 g/mol. The van der Waals surface area contributed by atoms with E-state index in [0.29, 0.717) is 12.4 Å². The van der Waals surface area contributed by atoms with E-state index in [4.69, 9.17) is 10.5 Å². The molecule has 0 aliphatic heterocycles. The highest BCUT2D eigenvalue weighted by molar-refractivity contribution is 5.36. The molecule has 0 aromatic heterocycles. The van der Waals surface area contributed by atoms with Crippen molar-refractivity contribution in [3.05, 3.63) is 65.5 Å². The van der Waals surface area contributed by atoms with Crippen molar-refractivity contribution in [2.24, 2.45) is 5.73 Å². The summed E-state index contributed by atoms with van der Waals surface area (Å²) in [6.45, 7) is 2.45. The van der Waals surface area contributed by atoms with E-state index in [1.54, 1.807) is 6.07 Å². The third kappa shape index (κ3) is 4.87. The van der Waals surface area contributed by atoms with E-state index in [1.165, 1.54) is 17.7 Å². The van der Waals surface area contributed by atoms with Crippen LogP contribution < -0.4 is 10.5 Å². The van der Waals surface area contributed by atoms with Gasteiger partial charge < -0.3 is 10.5 Å². The molecule has 2 nitrogen and oxygen atoms in total. The summed E-state index contributed by atoms with van der Waals surface area (Å²) in [6.07, 6.45) is 3.02. The van der Waals surface area contributed by atoms with Crippen molar-refractivity contribution in [2.45, 2.75) is 32.2 Å². The maximum absolute atomic E-state index is 13.3.